The number of ether oxygens (including phenoxy) is 1. The average molecular weight is 249 g/mol. The van der Waals surface area contributed by atoms with Crippen molar-refractivity contribution >= 4 is 0 Å². The van der Waals surface area contributed by atoms with E-state index in [-0.39, 0.29) is 5.60 Å². The van der Waals surface area contributed by atoms with Crippen LogP contribution in [0, 0.1) is 0 Å². The maximum Gasteiger partial charge on any atom is 0.120 e. The summed E-state index contributed by atoms with van der Waals surface area (Å²) in [7, 11) is 0. The highest BCUT2D eigenvalue weighted by molar-refractivity contribution is 5.29. The predicted molar refractivity (Wildman–Crippen MR) is 78.1 cm³/mol. The minimum Gasteiger partial charge on any atom is -0.488 e. The van der Waals surface area contributed by atoms with Gasteiger partial charge in [-0.25, -0.2) is 0 Å². The molecule has 0 saturated carbocycles. The van der Waals surface area contributed by atoms with Gasteiger partial charge in [0.15, 0.2) is 0 Å². The molecule has 0 bridgehead atoms. The summed E-state index contributed by atoms with van der Waals surface area (Å²) in [4.78, 5) is 0. The second kappa shape index (κ2) is 6.79. The van der Waals surface area contributed by atoms with Gasteiger partial charge < -0.3 is 10.1 Å². The Morgan fingerprint density at radius 2 is 1.72 bits per heavy atom. The summed E-state index contributed by atoms with van der Waals surface area (Å²) >= 11 is 0. The van der Waals surface area contributed by atoms with E-state index in [2.05, 4.69) is 64.2 Å². The molecule has 0 spiro atoms. The van der Waals surface area contributed by atoms with Crippen molar-refractivity contribution in [1.29, 1.82) is 0 Å². The first-order valence-electron chi connectivity index (χ1n) is 6.98. The summed E-state index contributed by atoms with van der Waals surface area (Å²) < 4.78 is 5.83. The molecule has 2 nitrogen and oxygen atoms in total. The van der Waals surface area contributed by atoms with Gasteiger partial charge in [-0.15, -0.1) is 0 Å². The van der Waals surface area contributed by atoms with Gasteiger partial charge in [-0.05, 0) is 57.9 Å². The largest absolute Gasteiger partial charge is 0.488 e. The molecule has 0 fully saturated rings. The van der Waals surface area contributed by atoms with Gasteiger partial charge in [0.05, 0.1) is 0 Å². The molecule has 1 N–H and O–H groups in total. The van der Waals surface area contributed by atoms with Crippen molar-refractivity contribution in [2.24, 2.45) is 0 Å². The molecule has 0 aliphatic carbocycles. The van der Waals surface area contributed by atoms with Crippen molar-refractivity contribution in [3.63, 3.8) is 0 Å². The van der Waals surface area contributed by atoms with Crippen molar-refractivity contribution in [3.05, 3.63) is 29.8 Å². The Bertz CT molecular complexity index is 337. The van der Waals surface area contributed by atoms with E-state index in [1.54, 1.807) is 0 Å². The normalized spacial score (nSPS) is 13.4. The fraction of sp³-hybridized carbons (Fsp3) is 0.625. The first kappa shape index (κ1) is 15.0. The lowest BCUT2D eigenvalue weighted by atomic mass is 10.0. The Morgan fingerprint density at radius 1 is 1.11 bits per heavy atom. The molecule has 0 heterocycles. The van der Waals surface area contributed by atoms with Gasteiger partial charge in [0.2, 0.25) is 0 Å². The molecule has 1 rings (SSSR count). The third-order valence-electron chi connectivity index (χ3n) is 2.76. The van der Waals surface area contributed by atoms with E-state index >= 15 is 0 Å². The maximum absolute atomic E-state index is 5.83. The highest BCUT2D eigenvalue weighted by atomic mass is 16.5. The van der Waals surface area contributed by atoms with Crippen LogP contribution < -0.4 is 10.1 Å². The lowest BCUT2D eigenvalue weighted by Gasteiger charge is -2.22. The Kier molecular flexibility index (Phi) is 5.67. The van der Waals surface area contributed by atoms with Crippen LogP contribution in [0.15, 0.2) is 24.3 Å². The third kappa shape index (κ3) is 5.09. The average Bonchev–Trinajstić information content (AvgIpc) is 2.30. The Labute approximate surface area is 112 Å². The highest BCUT2D eigenvalue weighted by Crippen LogP contribution is 2.22. The number of hydrogen-bond donors (Lipinski definition) is 1. The molecule has 18 heavy (non-hydrogen) atoms. The summed E-state index contributed by atoms with van der Waals surface area (Å²) in [5.41, 5.74) is 1.21. The van der Waals surface area contributed by atoms with E-state index in [9.17, 15) is 0 Å². The zero-order chi connectivity index (χ0) is 13.6. The molecule has 0 amide bonds. The second-order valence-electron chi connectivity index (χ2n) is 5.70. The van der Waals surface area contributed by atoms with Gasteiger partial charge in [-0.3, -0.25) is 0 Å². The number of nitrogens with one attached hydrogen (secondary N) is 1. The van der Waals surface area contributed by atoms with Crippen LogP contribution >= 0.6 is 0 Å². The molecule has 0 aromatic heterocycles. The van der Waals surface area contributed by atoms with Crippen LogP contribution in [-0.4, -0.2) is 12.1 Å². The zero-order valence-electron chi connectivity index (χ0n) is 12.4. The van der Waals surface area contributed by atoms with Crippen LogP contribution in [0.5, 0.6) is 5.75 Å². The quantitative estimate of drug-likeness (QED) is 0.811. The summed E-state index contributed by atoms with van der Waals surface area (Å²) in [6.45, 7) is 11.7. The molecule has 0 radical (unpaired) electrons. The van der Waals surface area contributed by atoms with Crippen LogP contribution in [0.2, 0.25) is 0 Å². The van der Waals surface area contributed by atoms with E-state index in [4.69, 9.17) is 4.74 Å². The van der Waals surface area contributed by atoms with Crippen LogP contribution in [0.4, 0.5) is 0 Å². The summed E-state index contributed by atoms with van der Waals surface area (Å²) in [6.07, 6.45) is 2.28. The molecular weight excluding hydrogens is 222 g/mol. The molecule has 1 aromatic carbocycles. The minimum absolute atomic E-state index is 0.133. The molecule has 1 atom stereocenters. The standard InChI is InChI=1S/C16H27NO/c1-6-12-17-15(7-2)13-8-10-14(11-9-13)18-16(3,4)5/h8-11,15,17H,6-7,12H2,1-5H3. The summed E-state index contributed by atoms with van der Waals surface area (Å²) in [5.74, 6) is 0.941. The van der Waals surface area contributed by atoms with Crippen LogP contribution in [0.25, 0.3) is 0 Å². The highest BCUT2D eigenvalue weighted by Gasteiger charge is 2.12. The Balaban J connectivity index is 2.68. The first-order chi connectivity index (χ1) is 8.46. The van der Waals surface area contributed by atoms with Gasteiger partial charge >= 0.3 is 0 Å². The SMILES string of the molecule is CCCNC(CC)c1ccc(OC(C)(C)C)cc1. The number of rotatable bonds is 6. The molecule has 2 heteroatoms. The fourth-order valence-corrected chi connectivity index (χ4v) is 1.94. The monoisotopic (exact) mass is 249 g/mol. The minimum atomic E-state index is -0.133. The van der Waals surface area contributed by atoms with Crippen molar-refractivity contribution in [3.8, 4) is 5.75 Å². The molecule has 1 aromatic rings. The van der Waals surface area contributed by atoms with Gasteiger partial charge in [0, 0.05) is 6.04 Å². The van der Waals surface area contributed by atoms with Gasteiger partial charge in [0.25, 0.3) is 0 Å². The predicted octanol–water partition coefficient (Wildman–Crippen LogP) is 4.31. The molecular formula is C16H27NO. The first-order valence-corrected chi connectivity index (χ1v) is 6.98. The number of benzene rings is 1. The molecule has 0 saturated heterocycles. The molecule has 1 unspecified atom stereocenters. The second-order valence-corrected chi connectivity index (χ2v) is 5.70. The smallest absolute Gasteiger partial charge is 0.120 e. The molecule has 0 aliphatic rings. The fourth-order valence-electron chi connectivity index (χ4n) is 1.94. The topological polar surface area (TPSA) is 21.3 Å². The van der Waals surface area contributed by atoms with Crippen LogP contribution in [0.3, 0.4) is 0 Å². The Hall–Kier alpha value is -1.02. The molecule has 102 valence electrons. The summed E-state index contributed by atoms with van der Waals surface area (Å²) in [5, 5.41) is 3.56. The van der Waals surface area contributed by atoms with Crippen LogP contribution in [-0.2, 0) is 0 Å². The van der Waals surface area contributed by atoms with E-state index in [1.165, 1.54) is 12.0 Å². The van der Waals surface area contributed by atoms with Gasteiger partial charge in [-0.1, -0.05) is 26.0 Å². The lowest BCUT2D eigenvalue weighted by Crippen LogP contribution is -2.23. The van der Waals surface area contributed by atoms with E-state index in [0.29, 0.717) is 6.04 Å². The molecule has 0 aliphatic heterocycles. The lowest BCUT2D eigenvalue weighted by molar-refractivity contribution is 0.131. The van der Waals surface area contributed by atoms with Crippen molar-refractivity contribution in [2.45, 2.75) is 59.1 Å². The van der Waals surface area contributed by atoms with Gasteiger partial charge in [0.1, 0.15) is 11.4 Å². The van der Waals surface area contributed by atoms with Crippen molar-refractivity contribution < 1.29 is 4.74 Å². The maximum atomic E-state index is 5.83. The van der Waals surface area contributed by atoms with Gasteiger partial charge in [-0.2, -0.15) is 0 Å². The van der Waals surface area contributed by atoms with E-state index < -0.39 is 0 Å². The third-order valence-corrected chi connectivity index (χ3v) is 2.76. The zero-order valence-corrected chi connectivity index (χ0v) is 12.4. The van der Waals surface area contributed by atoms with E-state index in [1.807, 2.05) is 0 Å². The van der Waals surface area contributed by atoms with Crippen molar-refractivity contribution in [2.75, 3.05) is 6.54 Å². The summed E-state index contributed by atoms with van der Waals surface area (Å²) in [6, 6.07) is 8.91. The van der Waals surface area contributed by atoms with E-state index in [0.717, 1.165) is 18.7 Å². The Morgan fingerprint density at radius 3 is 2.17 bits per heavy atom. The van der Waals surface area contributed by atoms with Crippen LogP contribution in [0.1, 0.15) is 59.1 Å². The van der Waals surface area contributed by atoms with Crippen molar-refractivity contribution in [1.82, 2.24) is 5.32 Å². The number of hydrogen-bond acceptors (Lipinski definition) is 2.